The molecule has 0 saturated carbocycles. The summed E-state index contributed by atoms with van der Waals surface area (Å²) in [5.41, 5.74) is 11.6. The van der Waals surface area contributed by atoms with Crippen molar-refractivity contribution in [2.24, 2.45) is 0 Å². The monoisotopic (exact) mass is 680 g/mol. The van der Waals surface area contributed by atoms with Crippen molar-refractivity contribution in [2.75, 3.05) is 0 Å². The SMILES string of the molecule is C1=CC2c3cc(-c4c5ccccc5c(-c5ccoc5)c5ccccc45)ccc3SC2C(c2c3ccccc3c(-c3ccccc3)c3ccccc23)=C1. The van der Waals surface area contributed by atoms with Gasteiger partial charge in [-0.25, -0.2) is 0 Å². The van der Waals surface area contributed by atoms with Gasteiger partial charge < -0.3 is 4.42 Å². The van der Waals surface area contributed by atoms with E-state index >= 15 is 0 Å². The number of furan rings is 1. The van der Waals surface area contributed by atoms with E-state index in [9.17, 15) is 0 Å². The summed E-state index contributed by atoms with van der Waals surface area (Å²) in [6.45, 7) is 0. The van der Waals surface area contributed by atoms with Crippen molar-refractivity contribution in [3.8, 4) is 33.4 Å². The van der Waals surface area contributed by atoms with Crippen LogP contribution in [0.15, 0.2) is 192 Å². The van der Waals surface area contributed by atoms with Gasteiger partial charge in [-0.2, -0.15) is 0 Å². The van der Waals surface area contributed by atoms with Crippen molar-refractivity contribution in [3.05, 3.63) is 194 Å². The van der Waals surface area contributed by atoms with Crippen molar-refractivity contribution in [1.29, 1.82) is 0 Å². The lowest BCUT2D eigenvalue weighted by Crippen LogP contribution is -2.14. The lowest BCUT2D eigenvalue weighted by atomic mass is 9.79. The number of benzene rings is 8. The molecule has 0 saturated heterocycles. The van der Waals surface area contributed by atoms with Crippen LogP contribution >= 0.6 is 11.8 Å². The third-order valence-corrected chi connectivity index (χ3v) is 12.6. The van der Waals surface area contributed by atoms with Crippen LogP contribution in [0.25, 0.3) is 82.0 Å². The first-order valence-electron chi connectivity index (χ1n) is 18.0. The van der Waals surface area contributed by atoms with Gasteiger partial charge in [-0.1, -0.05) is 152 Å². The average molecular weight is 681 g/mol. The molecule has 0 amide bonds. The molecule has 52 heavy (non-hydrogen) atoms. The molecule has 1 aliphatic heterocycles. The topological polar surface area (TPSA) is 13.1 Å². The Morgan fingerprint density at radius 1 is 0.442 bits per heavy atom. The van der Waals surface area contributed by atoms with E-state index in [0.717, 1.165) is 5.56 Å². The summed E-state index contributed by atoms with van der Waals surface area (Å²) in [6.07, 6.45) is 10.7. The van der Waals surface area contributed by atoms with E-state index < -0.39 is 0 Å². The number of hydrogen-bond acceptors (Lipinski definition) is 2. The van der Waals surface area contributed by atoms with Gasteiger partial charge in [0, 0.05) is 27.2 Å². The quantitative estimate of drug-likeness (QED) is 0.172. The molecule has 1 nitrogen and oxygen atoms in total. The van der Waals surface area contributed by atoms with Gasteiger partial charge in [0.25, 0.3) is 0 Å². The first-order valence-corrected chi connectivity index (χ1v) is 18.9. The van der Waals surface area contributed by atoms with E-state index in [4.69, 9.17) is 4.42 Å². The van der Waals surface area contributed by atoms with Gasteiger partial charge in [0.1, 0.15) is 0 Å². The average Bonchev–Trinajstić information content (AvgIpc) is 3.88. The van der Waals surface area contributed by atoms with Gasteiger partial charge in [0.05, 0.1) is 12.5 Å². The minimum Gasteiger partial charge on any atom is -0.472 e. The Morgan fingerprint density at radius 2 is 0.942 bits per heavy atom. The molecule has 2 aliphatic rings. The first-order chi connectivity index (χ1) is 25.8. The first kappa shape index (κ1) is 29.6. The van der Waals surface area contributed by atoms with Crippen molar-refractivity contribution in [3.63, 3.8) is 0 Å². The summed E-state index contributed by atoms with van der Waals surface area (Å²) in [7, 11) is 0. The normalized spacial score (nSPS) is 16.4. The van der Waals surface area contributed by atoms with Crippen LogP contribution in [-0.2, 0) is 0 Å². The number of fused-ring (bicyclic) bond motifs is 7. The highest BCUT2D eigenvalue weighted by Gasteiger charge is 2.37. The second-order valence-corrected chi connectivity index (χ2v) is 15.1. The second kappa shape index (κ2) is 11.7. The molecule has 2 heteroatoms. The zero-order valence-electron chi connectivity index (χ0n) is 28.3. The minimum atomic E-state index is 0.272. The highest BCUT2D eigenvalue weighted by Crippen LogP contribution is 2.56. The molecule has 0 fully saturated rings. The molecule has 0 spiro atoms. The van der Waals surface area contributed by atoms with Crippen LogP contribution in [0.1, 0.15) is 17.0 Å². The molecule has 0 bridgehead atoms. The minimum absolute atomic E-state index is 0.272. The Morgan fingerprint density at radius 3 is 1.48 bits per heavy atom. The molecule has 2 heterocycles. The molecule has 11 rings (SSSR count). The van der Waals surface area contributed by atoms with Crippen molar-refractivity contribution in [1.82, 2.24) is 0 Å². The van der Waals surface area contributed by atoms with Crippen molar-refractivity contribution >= 4 is 60.4 Å². The standard InChI is InChI=1S/C50H32OS/c1-2-13-31(14-3-1)46-38-19-8-10-21-40(38)49(41-22-11-9-20-39(41)46)43-24-12-23-42-44-29-32(25-26-45(44)52-50(42)43)47-34-15-4-6-17-36(34)48(33-27-28-51-30-33)37-18-7-5-16-35(37)47/h1-30,42,50H. The van der Waals surface area contributed by atoms with E-state index in [1.54, 1.807) is 6.26 Å². The Labute approximate surface area is 306 Å². The number of rotatable bonds is 4. The van der Waals surface area contributed by atoms with Crippen molar-refractivity contribution in [2.45, 2.75) is 16.1 Å². The Kier molecular flexibility index (Phi) is 6.68. The van der Waals surface area contributed by atoms with Gasteiger partial charge in [-0.05, 0) is 100 Å². The van der Waals surface area contributed by atoms with Crippen molar-refractivity contribution < 1.29 is 4.42 Å². The molecule has 9 aromatic rings. The molecule has 0 radical (unpaired) electrons. The fourth-order valence-electron chi connectivity index (χ4n) is 9.02. The van der Waals surface area contributed by atoms with Gasteiger partial charge >= 0.3 is 0 Å². The predicted molar refractivity (Wildman–Crippen MR) is 221 cm³/mol. The van der Waals surface area contributed by atoms with Gasteiger partial charge in [-0.15, -0.1) is 11.8 Å². The third kappa shape index (κ3) is 4.38. The molecule has 2 atom stereocenters. The summed E-state index contributed by atoms with van der Waals surface area (Å²) in [5, 5.41) is 10.5. The highest BCUT2D eigenvalue weighted by atomic mass is 32.2. The molecule has 8 aromatic carbocycles. The van der Waals surface area contributed by atoms with Crippen LogP contribution in [0.5, 0.6) is 0 Å². The molecule has 244 valence electrons. The second-order valence-electron chi connectivity index (χ2n) is 13.9. The Bertz CT molecular complexity index is 2820. The zero-order chi connectivity index (χ0) is 34.2. The summed E-state index contributed by atoms with van der Waals surface area (Å²) in [5.74, 6) is 0.272. The van der Waals surface area contributed by atoms with Crippen LogP contribution in [0.2, 0.25) is 0 Å². The van der Waals surface area contributed by atoms with Crippen LogP contribution in [0.3, 0.4) is 0 Å². The third-order valence-electron chi connectivity index (χ3n) is 11.2. The van der Waals surface area contributed by atoms with Crippen LogP contribution in [-0.4, -0.2) is 5.25 Å². The smallest absolute Gasteiger partial charge is 0.0981 e. The number of allylic oxidation sites excluding steroid dienone is 3. The van der Waals surface area contributed by atoms with Gasteiger partial charge in [0.2, 0.25) is 0 Å². The molecular formula is C50H32OS. The molecular weight excluding hydrogens is 649 g/mol. The van der Waals surface area contributed by atoms with E-state index in [-0.39, 0.29) is 11.2 Å². The summed E-state index contributed by atoms with van der Waals surface area (Å²) in [6, 6.07) is 55.9. The number of thioether (sulfide) groups is 1. The van der Waals surface area contributed by atoms with Crippen LogP contribution < -0.4 is 0 Å². The highest BCUT2D eigenvalue weighted by molar-refractivity contribution is 8.00. The molecule has 1 aliphatic carbocycles. The maximum Gasteiger partial charge on any atom is 0.0981 e. The van der Waals surface area contributed by atoms with Crippen LogP contribution in [0, 0.1) is 0 Å². The maximum atomic E-state index is 5.58. The van der Waals surface area contributed by atoms with E-state index in [2.05, 4.69) is 170 Å². The van der Waals surface area contributed by atoms with E-state index in [1.165, 1.54) is 92.5 Å². The molecule has 1 aromatic heterocycles. The Hall–Kier alpha value is -6.09. The zero-order valence-corrected chi connectivity index (χ0v) is 29.1. The Balaban J connectivity index is 1.08. The number of hydrogen-bond donors (Lipinski definition) is 0. The molecule has 0 N–H and O–H groups in total. The lowest BCUT2D eigenvalue weighted by molar-refractivity contribution is 0.568. The summed E-state index contributed by atoms with van der Waals surface area (Å²) < 4.78 is 5.58. The van der Waals surface area contributed by atoms with Gasteiger partial charge in [0.15, 0.2) is 0 Å². The van der Waals surface area contributed by atoms with Crippen LogP contribution in [0.4, 0.5) is 0 Å². The predicted octanol–water partition coefficient (Wildman–Crippen LogP) is 14.1. The van der Waals surface area contributed by atoms with Gasteiger partial charge in [-0.3, -0.25) is 0 Å². The lowest BCUT2D eigenvalue weighted by Gasteiger charge is -2.26. The summed E-state index contributed by atoms with van der Waals surface area (Å²) in [4.78, 5) is 1.37. The molecule has 2 unspecified atom stereocenters. The van der Waals surface area contributed by atoms with E-state index in [1.807, 2.05) is 18.0 Å². The largest absolute Gasteiger partial charge is 0.472 e. The van der Waals surface area contributed by atoms with E-state index in [0.29, 0.717) is 0 Å². The maximum absolute atomic E-state index is 5.58. The summed E-state index contributed by atoms with van der Waals surface area (Å²) >= 11 is 2.02. The fraction of sp³-hybridized carbons (Fsp3) is 0.0400. The fourth-order valence-corrected chi connectivity index (χ4v) is 10.5.